The topological polar surface area (TPSA) is 77.8 Å². The number of nitrogens with one attached hydrogen (secondary N) is 2. The van der Waals surface area contributed by atoms with Gasteiger partial charge in [-0.05, 0) is 0 Å². The number of pyridine rings is 1. The molecule has 1 aromatic heterocycles. The SMILES string of the molecule is N#CC1=C(N)NC(C[n+]2ccccc2)=CN1. The van der Waals surface area contributed by atoms with Crippen LogP contribution < -0.4 is 20.9 Å². The molecule has 0 atom stereocenters. The molecule has 1 aliphatic heterocycles. The molecular weight excluding hydrogens is 202 g/mol. The first-order valence-corrected chi connectivity index (χ1v) is 4.86. The molecule has 2 rings (SSSR count). The molecule has 1 aromatic rings. The average molecular weight is 214 g/mol. The monoisotopic (exact) mass is 214 g/mol. The summed E-state index contributed by atoms with van der Waals surface area (Å²) < 4.78 is 2.01. The van der Waals surface area contributed by atoms with E-state index in [9.17, 15) is 0 Å². The van der Waals surface area contributed by atoms with Crippen LogP contribution in [0.1, 0.15) is 0 Å². The lowest BCUT2D eigenvalue weighted by molar-refractivity contribution is -0.689. The minimum atomic E-state index is 0.349. The van der Waals surface area contributed by atoms with Crippen molar-refractivity contribution < 1.29 is 4.57 Å². The molecule has 0 saturated carbocycles. The van der Waals surface area contributed by atoms with Gasteiger partial charge in [-0.2, -0.15) is 9.83 Å². The molecule has 2 heterocycles. The largest absolute Gasteiger partial charge is 0.383 e. The van der Waals surface area contributed by atoms with E-state index in [0.29, 0.717) is 18.1 Å². The first-order chi connectivity index (χ1) is 7.79. The highest BCUT2D eigenvalue weighted by Crippen LogP contribution is 2.01. The minimum Gasteiger partial charge on any atom is -0.383 e. The van der Waals surface area contributed by atoms with Gasteiger partial charge in [0.25, 0.3) is 0 Å². The molecular formula is C11H12N5+. The van der Waals surface area contributed by atoms with Gasteiger partial charge in [-0.3, -0.25) is 0 Å². The maximum absolute atomic E-state index is 8.71. The lowest BCUT2D eigenvalue weighted by Crippen LogP contribution is -2.40. The van der Waals surface area contributed by atoms with Crippen LogP contribution in [0.4, 0.5) is 0 Å². The molecule has 0 saturated heterocycles. The number of hydrogen-bond donors (Lipinski definition) is 3. The molecule has 0 bridgehead atoms. The summed E-state index contributed by atoms with van der Waals surface area (Å²) in [7, 11) is 0. The summed E-state index contributed by atoms with van der Waals surface area (Å²) in [4.78, 5) is 0. The number of hydrogen-bond acceptors (Lipinski definition) is 4. The fourth-order valence-corrected chi connectivity index (χ4v) is 1.42. The Hall–Kier alpha value is -2.48. The molecule has 4 N–H and O–H groups in total. The summed E-state index contributed by atoms with van der Waals surface area (Å²) in [5.74, 6) is 0.358. The van der Waals surface area contributed by atoms with E-state index in [4.69, 9.17) is 11.0 Å². The van der Waals surface area contributed by atoms with Crippen LogP contribution in [0.5, 0.6) is 0 Å². The van der Waals surface area contributed by atoms with E-state index in [0.717, 1.165) is 5.70 Å². The van der Waals surface area contributed by atoms with Gasteiger partial charge in [0.15, 0.2) is 24.6 Å². The molecule has 0 spiro atoms. The van der Waals surface area contributed by atoms with Gasteiger partial charge in [0, 0.05) is 18.3 Å². The van der Waals surface area contributed by atoms with Crippen LogP contribution in [0.25, 0.3) is 0 Å². The van der Waals surface area contributed by atoms with Gasteiger partial charge < -0.3 is 16.4 Å². The third-order valence-corrected chi connectivity index (χ3v) is 2.20. The third-order valence-electron chi connectivity index (χ3n) is 2.20. The molecule has 80 valence electrons. The summed E-state index contributed by atoms with van der Waals surface area (Å²) in [6.07, 6.45) is 5.67. The van der Waals surface area contributed by atoms with Crippen molar-refractivity contribution >= 4 is 0 Å². The van der Waals surface area contributed by atoms with Crippen LogP contribution in [-0.4, -0.2) is 0 Å². The molecule has 16 heavy (non-hydrogen) atoms. The van der Waals surface area contributed by atoms with Gasteiger partial charge >= 0.3 is 0 Å². The Morgan fingerprint density at radius 2 is 2.06 bits per heavy atom. The van der Waals surface area contributed by atoms with Crippen molar-refractivity contribution in [2.24, 2.45) is 5.73 Å². The fourth-order valence-electron chi connectivity index (χ4n) is 1.42. The van der Waals surface area contributed by atoms with Crippen LogP contribution in [0.3, 0.4) is 0 Å². The minimum absolute atomic E-state index is 0.349. The Morgan fingerprint density at radius 3 is 2.69 bits per heavy atom. The number of nitrogens with zero attached hydrogens (tertiary/aromatic N) is 2. The number of nitrogens with two attached hydrogens (primary N) is 1. The lowest BCUT2D eigenvalue weighted by atomic mass is 10.3. The highest BCUT2D eigenvalue weighted by Gasteiger charge is 2.13. The first kappa shape index (κ1) is 10.1. The van der Waals surface area contributed by atoms with Gasteiger partial charge in [0.2, 0.25) is 0 Å². The van der Waals surface area contributed by atoms with Crippen LogP contribution in [0.15, 0.2) is 54.0 Å². The standard InChI is InChI=1S/C11H12N5/c12-6-10-11(13)15-9(7-14-10)8-16-4-2-1-3-5-16/h1-5,7,14-15H,8,13H2/q+1. The molecule has 0 aliphatic carbocycles. The predicted octanol–water partition coefficient (Wildman–Crippen LogP) is -0.340. The summed E-state index contributed by atoms with van der Waals surface area (Å²) in [6.45, 7) is 0.674. The van der Waals surface area contributed by atoms with Crippen molar-refractivity contribution in [2.45, 2.75) is 6.54 Å². The number of aromatic nitrogens is 1. The van der Waals surface area contributed by atoms with Crippen molar-refractivity contribution in [1.29, 1.82) is 5.26 Å². The van der Waals surface area contributed by atoms with Crippen molar-refractivity contribution in [3.63, 3.8) is 0 Å². The Kier molecular flexibility index (Phi) is 2.74. The molecule has 5 nitrogen and oxygen atoms in total. The number of rotatable bonds is 2. The predicted molar refractivity (Wildman–Crippen MR) is 57.8 cm³/mol. The van der Waals surface area contributed by atoms with Gasteiger partial charge in [0.05, 0.1) is 5.70 Å². The highest BCUT2D eigenvalue weighted by atomic mass is 15.1. The smallest absolute Gasteiger partial charge is 0.189 e. The Bertz CT molecular complexity index is 481. The zero-order valence-electron chi connectivity index (χ0n) is 8.64. The van der Waals surface area contributed by atoms with Crippen molar-refractivity contribution in [3.8, 4) is 6.07 Å². The summed E-state index contributed by atoms with van der Waals surface area (Å²) in [5, 5.41) is 14.5. The van der Waals surface area contributed by atoms with Gasteiger partial charge in [-0.15, -0.1) is 0 Å². The number of nitriles is 1. The summed E-state index contributed by atoms with van der Waals surface area (Å²) in [6, 6.07) is 7.84. The quantitative estimate of drug-likeness (QED) is 0.589. The molecule has 0 fully saturated rings. The van der Waals surface area contributed by atoms with Crippen molar-refractivity contribution in [3.05, 3.63) is 54.0 Å². The molecule has 0 amide bonds. The van der Waals surface area contributed by atoms with Crippen molar-refractivity contribution in [1.82, 2.24) is 10.6 Å². The van der Waals surface area contributed by atoms with E-state index in [-0.39, 0.29) is 0 Å². The second-order valence-electron chi connectivity index (χ2n) is 3.39. The van der Waals surface area contributed by atoms with E-state index in [1.54, 1.807) is 6.20 Å². The lowest BCUT2D eigenvalue weighted by Gasteiger charge is -2.15. The zero-order chi connectivity index (χ0) is 11.4. The first-order valence-electron chi connectivity index (χ1n) is 4.86. The van der Waals surface area contributed by atoms with Crippen LogP contribution in [-0.2, 0) is 6.54 Å². The van der Waals surface area contributed by atoms with E-state index in [1.165, 1.54) is 0 Å². The molecule has 5 heteroatoms. The summed E-state index contributed by atoms with van der Waals surface area (Å²) >= 11 is 0. The van der Waals surface area contributed by atoms with E-state index in [1.807, 2.05) is 41.2 Å². The summed E-state index contributed by atoms with van der Waals surface area (Å²) in [5.41, 5.74) is 6.93. The molecule has 1 aliphatic rings. The van der Waals surface area contributed by atoms with E-state index >= 15 is 0 Å². The second-order valence-corrected chi connectivity index (χ2v) is 3.39. The fraction of sp³-hybridized carbons (Fsp3) is 0.0909. The van der Waals surface area contributed by atoms with Gasteiger partial charge in [-0.25, -0.2) is 0 Å². The molecule has 0 radical (unpaired) electrons. The zero-order valence-corrected chi connectivity index (χ0v) is 8.64. The second kappa shape index (κ2) is 4.36. The van der Waals surface area contributed by atoms with Crippen LogP contribution >= 0.6 is 0 Å². The Labute approximate surface area is 93.5 Å². The van der Waals surface area contributed by atoms with Crippen LogP contribution in [0, 0.1) is 11.3 Å². The Morgan fingerprint density at radius 1 is 1.31 bits per heavy atom. The van der Waals surface area contributed by atoms with E-state index in [2.05, 4.69) is 10.6 Å². The Balaban J connectivity index is 2.06. The molecule has 0 unspecified atom stereocenters. The molecule has 0 aromatic carbocycles. The van der Waals surface area contributed by atoms with Crippen LogP contribution in [0.2, 0.25) is 0 Å². The van der Waals surface area contributed by atoms with E-state index < -0.39 is 0 Å². The third kappa shape index (κ3) is 2.12. The average Bonchev–Trinajstić information content (AvgIpc) is 2.31. The maximum Gasteiger partial charge on any atom is 0.189 e. The van der Waals surface area contributed by atoms with Crippen molar-refractivity contribution in [2.75, 3.05) is 0 Å². The maximum atomic E-state index is 8.71. The highest BCUT2D eigenvalue weighted by molar-refractivity contribution is 5.30. The number of allylic oxidation sites excluding steroid dienone is 2. The normalized spacial score (nSPS) is 14.6. The van der Waals surface area contributed by atoms with Gasteiger partial charge in [-0.1, -0.05) is 6.07 Å². The van der Waals surface area contributed by atoms with Gasteiger partial charge in [0.1, 0.15) is 11.9 Å².